The van der Waals surface area contributed by atoms with Crippen LogP contribution in [0.2, 0.25) is 5.15 Å². The monoisotopic (exact) mass is 519 g/mol. The van der Waals surface area contributed by atoms with Crippen LogP contribution in [0.15, 0.2) is 35.2 Å². The Kier molecular flexibility index (Phi) is 6.00. The molecule has 4 aromatic heterocycles. The van der Waals surface area contributed by atoms with Gasteiger partial charge in [0, 0.05) is 38.6 Å². The van der Waals surface area contributed by atoms with Crippen LogP contribution in [0.3, 0.4) is 0 Å². The molecule has 4 aromatic rings. The van der Waals surface area contributed by atoms with Crippen molar-refractivity contribution in [2.75, 3.05) is 27.2 Å². The zero-order chi connectivity index (χ0) is 24.0. The lowest BCUT2D eigenvalue weighted by atomic mass is 10.0. The van der Waals surface area contributed by atoms with Crippen LogP contribution in [0.25, 0.3) is 4.96 Å². The third-order valence-electron chi connectivity index (χ3n) is 5.54. The minimum atomic E-state index is -0.613. The van der Waals surface area contributed by atoms with Crippen LogP contribution in [-0.2, 0) is 11.2 Å². The number of ether oxygens (including phenoxy) is 1. The number of thiazole rings is 1. The van der Waals surface area contributed by atoms with Crippen molar-refractivity contribution in [1.29, 1.82) is 0 Å². The first kappa shape index (κ1) is 22.8. The number of pyridine rings is 1. The number of carbonyl (C=O) groups is 2. The van der Waals surface area contributed by atoms with Crippen LogP contribution in [-0.4, -0.2) is 63.2 Å². The standard InChI is InChI=1S/C22H19ClFN5O3S2/c1-27(2)21(31)14-3-4-15(20(23)25-14)32-11-16(30)28-7-5-13-17(29-8-10-34-22(29)26-13)18(28)19-12(24)6-9-33-19/h3-4,6,8-10,18H,5,7,11H2,1-2H3. The number of aromatic nitrogens is 3. The predicted octanol–water partition coefficient (Wildman–Crippen LogP) is 3.90. The molecule has 5 heterocycles. The minimum Gasteiger partial charge on any atom is -0.481 e. The lowest BCUT2D eigenvalue weighted by Crippen LogP contribution is -2.43. The summed E-state index contributed by atoms with van der Waals surface area (Å²) in [6.45, 7) is 0.0665. The number of nitrogens with zero attached hydrogens (tertiary/aromatic N) is 5. The zero-order valence-electron chi connectivity index (χ0n) is 18.2. The fraction of sp³-hybridized carbons (Fsp3) is 0.273. The van der Waals surface area contributed by atoms with Crippen molar-refractivity contribution in [3.8, 4) is 5.75 Å². The summed E-state index contributed by atoms with van der Waals surface area (Å²) in [4.78, 5) is 38.4. The van der Waals surface area contributed by atoms with Crippen molar-refractivity contribution in [3.63, 3.8) is 0 Å². The van der Waals surface area contributed by atoms with E-state index < -0.39 is 6.04 Å². The van der Waals surface area contributed by atoms with Gasteiger partial charge in [-0.15, -0.1) is 22.7 Å². The highest BCUT2D eigenvalue weighted by Gasteiger charge is 2.38. The highest BCUT2D eigenvalue weighted by molar-refractivity contribution is 7.15. The average molecular weight is 520 g/mol. The second kappa shape index (κ2) is 8.97. The first-order valence-electron chi connectivity index (χ1n) is 10.3. The number of hydrogen-bond acceptors (Lipinski definition) is 7. The third kappa shape index (κ3) is 3.93. The number of amides is 2. The minimum absolute atomic E-state index is 0.0157. The summed E-state index contributed by atoms with van der Waals surface area (Å²) in [7, 11) is 3.23. The molecule has 1 aliphatic heterocycles. The number of imidazole rings is 1. The van der Waals surface area contributed by atoms with Crippen LogP contribution in [0.4, 0.5) is 4.39 Å². The maximum absolute atomic E-state index is 14.7. The zero-order valence-corrected chi connectivity index (χ0v) is 20.6. The first-order valence-corrected chi connectivity index (χ1v) is 12.5. The van der Waals surface area contributed by atoms with Crippen LogP contribution < -0.4 is 4.74 Å². The molecule has 34 heavy (non-hydrogen) atoms. The molecule has 1 unspecified atom stereocenters. The summed E-state index contributed by atoms with van der Waals surface area (Å²) in [6, 6.07) is 3.79. The lowest BCUT2D eigenvalue weighted by molar-refractivity contribution is -0.135. The number of halogens is 2. The second-order valence-corrected chi connectivity index (χ2v) is 10.0. The van der Waals surface area contributed by atoms with Gasteiger partial charge < -0.3 is 14.5 Å². The van der Waals surface area contributed by atoms with Gasteiger partial charge in [0.25, 0.3) is 11.8 Å². The number of thiophene rings is 1. The van der Waals surface area contributed by atoms with Gasteiger partial charge in [-0.3, -0.25) is 14.0 Å². The van der Waals surface area contributed by atoms with E-state index in [1.807, 2.05) is 16.0 Å². The molecule has 0 radical (unpaired) electrons. The molecule has 0 saturated carbocycles. The average Bonchev–Trinajstić information content (AvgIpc) is 3.52. The Labute approximate surface area is 207 Å². The third-order valence-corrected chi connectivity index (χ3v) is 7.51. The molecular formula is C22H19ClFN5O3S2. The number of rotatable bonds is 5. The second-order valence-electron chi connectivity index (χ2n) is 7.85. The number of carbonyl (C=O) groups excluding carboxylic acids is 2. The summed E-state index contributed by atoms with van der Waals surface area (Å²) in [6.07, 6.45) is 2.44. The van der Waals surface area contributed by atoms with Crippen LogP contribution >= 0.6 is 34.3 Å². The van der Waals surface area contributed by atoms with Crippen LogP contribution in [0.1, 0.15) is 32.8 Å². The Hall–Kier alpha value is -3.02. The van der Waals surface area contributed by atoms with Gasteiger partial charge >= 0.3 is 0 Å². The Balaban J connectivity index is 1.41. The Morgan fingerprint density at radius 3 is 2.76 bits per heavy atom. The van der Waals surface area contributed by atoms with Crippen LogP contribution in [0, 0.1) is 5.82 Å². The van der Waals surface area contributed by atoms with Crippen molar-refractivity contribution < 1.29 is 18.7 Å². The SMILES string of the molecule is CN(C)C(=O)c1ccc(OCC(=O)N2CCc3nc4sccn4c3C2c2sccc2F)c(Cl)n1. The molecule has 8 nitrogen and oxygen atoms in total. The van der Waals surface area contributed by atoms with Crippen molar-refractivity contribution in [2.45, 2.75) is 12.5 Å². The number of hydrogen-bond donors (Lipinski definition) is 0. The molecule has 176 valence electrons. The highest BCUT2D eigenvalue weighted by Crippen LogP contribution is 2.40. The van der Waals surface area contributed by atoms with E-state index in [0.29, 0.717) is 17.8 Å². The first-order chi connectivity index (χ1) is 16.3. The van der Waals surface area contributed by atoms with E-state index in [4.69, 9.17) is 16.3 Å². The summed E-state index contributed by atoms with van der Waals surface area (Å²) in [5, 5.41) is 3.57. The molecule has 0 aliphatic carbocycles. The molecule has 0 N–H and O–H groups in total. The van der Waals surface area contributed by atoms with Gasteiger partial charge in [-0.25, -0.2) is 14.4 Å². The van der Waals surface area contributed by atoms with E-state index in [1.54, 1.807) is 24.4 Å². The fourth-order valence-electron chi connectivity index (χ4n) is 3.96. The van der Waals surface area contributed by atoms with Gasteiger partial charge in [-0.05, 0) is 23.6 Å². The van der Waals surface area contributed by atoms with Crippen LogP contribution in [0.5, 0.6) is 5.75 Å². The molecule has 0 bridgehead atoms. The van der Waals surface area contributed by atoms with Crippen molar-refractivity contribution in [3.05, 3.63) is 68.1 Å². The maximum Gasteiger partial charge on any atom is 0.271 e. The van der Waals surface area contributed by atoms with Gasteiger partial charge in [-0.1, -0.05) is 11.6 Å². The summed E-state index contributed by atoms with van der Waals surface area (Å²) in [5.41, 5.74) is 1.83. The fourth-order valence-corrected chi connectivity index (χ4v) is 5.79. The Bertz CT molecular complexity index is 1400. The lowest BCUT2D eigenvalue weighted by Gasteiger charge is -2.35. The van der Waals surface area contributed by atoms with Crippen molar-refractivity contribution in [1.82, 2.24) is 24.2 Å². The summed E-state index contributed by atoms with van der Waals surface area (Å²) < 4.78 is 22.3. The number of fused-ring (bicyclic) bond motifs is 3. The van der Waals surface area contributed by atoms with Gasteiger partial charge in [0.15, 0.2) is 22.5 Å². The maximum atomic E-state index is 14.7. The molecule has 12 heteroatoms. The molecule has 2 amide bonds. The molecule has 0 aromatic carbocycles. The van der Waals surface area contributed by atoms with Crippen molar-refractivity contribution in [2.24, 2.45) is 0 Å². The normalized spacial score (nSPS) is 15.4. The molecule has 1 aliphatic rings. The van der Waals surface area contributed by atoms with Gasteiger partial charge in [0.05, 0.1) is 16.3 Å². The van der Waals surface area contributed by atoms with Crippen molar-refractivity contribution >= 4 is 51.0 Å². The summed E-state index contributed by atoms with van der Waals surface area (Å²) >= 11 is 8.95. The van der Waals surface area contributed by atoms with Gasteiger partial charge in [0.1, 0.15) is 17.6 Å². The van der Waals surface area contributed by atoms with E-state index in [9.17, 15) is 14.0 Å². The Morgan fingerprint density at radius 2 is 2.06 bits per heavy atom. The molecular weight excluding hydrogens is 501 g/mol. The van der Waals surface area contributed by atoms with E-state index in [-0.39, 0.29) is 40.8 Å². The Morgan fingerprint density at radius 1 is 1.24 bits per heavy atom. The molecule has 0 spiro atoms. The largest absolute Gasteiger partial charge is 0.481 e. The summed E-state index contributed by atoms with van der Waals surface area (Å²) in [5.74, 6) is -0.792. The van der Waals surface area contributed by atoms with E-state index in [2.05, 4.69) is 9.97 Å². The molecule has 0 saturated heterocycles. The van der Waals surface area contributed by atoms with E-state index in [0.717, 1.165) is 16.3 Å². The van der Waals surface area contributed by atoms with E-state index in [1.165, 1.54) is 45.8 Å². The highest BCUT2D eigenvalue weighted by atomic mass is 35.5. The quantitative estimate of drug-likeness (QED) is 0.374. The predicted molar refractivity (Wildman–Crippen MR) is 127 cm³/mol. The van der Waals surface area contributed by atoms with Gasteiger partial charge in [0.2, 0.25) is 0 Å². The molecule has 1 atom stereocenters. The van der Waals surface area contributed by atoms with E-state index >= 15 is 0 Å². The molecule has 0 fully saturated rings. The molecule has 5 rings (SSSR count). The van der Waals surface area contributed by atoms with Gasteiger partial charge in [-0.2, -0.15) is 0 Å². The smallest absolute Gasteiger partial charge is 0.271 e. The topological polar surface area (TPSA) is 80.0 Å².